The van der Waals surface area contributed by atoms with Gasteiger partial charge in [-0.1, -0.05) is 25.5 Å². The number of amides is 2. The summed E-state index contributed by atoms with van der Waals surface area (Å²) < 4.78 is 1.87. The van der Waals surface area contributed by atoms with Crippen molar-refractivity contribution in [2.24, 2.45) is 13.0 Å². The van der Waals surface area contributed by atoms with Crippen molar-refractivity contribution < 1.29 is 9.59 Å². The summed E-state index contributed by atoms with van der Waals surface area (Å²) in [6, 6.07) is 0.145. The summed E-state index contributed by atoms with van der Waals surface area (Å²) in [5.41, 5.74) is 4.03. The molecule has 1 N–H and O–H groups in total. The van der Waals surface area contributed by atoms with E-state index < -0.39 is 0 Å². The molecule has 2 heterocycles. The predicted octanol–water partition coefficient (Wildman–Crippen LogP) is 3.33. The van der Waals surface area contributed by atoms with Gasteiger partial charge in [-0.25, -0.2) is 0 Å². The maximum absolute atomic E-state index is 13.4. The second-order valence-corrected chi connectivity index (χ2v) is 10.4. The Labute approximate surface area is 199 Å². The van der Waals surface area contributed by atoms with Gasteiger partial charge in [-0.2, -0.15) is 5.10 Å². The minimum atomic E-state index is -0.0849. The number of hydrogen-bond acceptors (Lipinski definition) is 4. The summed E-state index contributed by atoms with van der Waals surface area (Å²) in [4.78, 5) is 30.9. The minimum absolute atomic E-state index is 0.0849. The van der Waals surface area contributed by atoms with Crippen LogP contribution in [0.3, 0.4) is 0 Å². The third-order valence-electron chi connectivity index (χ3n) is 6.91. The third kappa shape index (κ3) is 6.92. The Bertz CT molecular complexity index is 853. The first-order valence-corrected chi connectivity index (χ1v) is 12.7. The second kappa shape index (κ2) is 11.8. The van der Waals surface area contributed by atoms with Crippen LogP contribution in [0.5, 0.6) is 0 Å². The first kappa shape index (κ1) is 25.5. The molecule has 2 aliphatic rings. The van der Waals surface area contributed by atoms with Crippen molar-refractivity contribution in [1.82, 2.24) is 24.9 Å². The molecule has 7 heteroatoms. The number of aromatic nitrogens is 2. The zero-order valence-corrected chi connectivity index (χ0v) is 21.3. The van der Waals surface area contributed by atoms with E-state index in [1.807, 2.05) is 11.7 Å². The molecule has 1 aromatic heterocycles. The summed E-state index contributed by atoms with van der Waals surface area (Å²) in [6.45, 7) is 12.8. The number of rotatable bonds is 5. The number of carbonyl (C=O) groups is 2. The van der Waals surface area contributed by atoms with Crippen LogP contribution in [0.4, 0.5) is 0 Å². The highest BCUT2D eigenvalue weighted by atomic mass is 16.2. The smallest absolute Gasteiger partial charge is 0.272 e. The molecule has 1 aliphatic heterocycles. The Kier molecular flexibility index (Phi) is 9.12. The number of carbonyl (C=O) groups excluding carboxylic acids is 2. The van der Waals surface area contributed by atoms with Crippen LogP contribution < -0.4 is 5.32 Å². The summed E-state index contributed by atoms with van der Waals surface area (Å²) >= 11 is 0. The van der Waals surface area contributed by atoms with E-state index in [1.165, 1.54) is 5.57 Å². The van der Waals surface area contributed by atoms with E-state index in [0.717, 1.165) is 76.0 Å². The number of fused-ring (bicyclic) bond motifs is 1. The Morgan fingerprint density at radius 2 is 1.94 bits per heavy atom. The van der Waals surface area contributed by atoms with Gasteiger partial charge in [0.25, 0.3) is 5.91 Å². The molecule has 7 nitrogen and oxygen atoms in total. The fraction of sp³-hybridized carbons (Fsp3) is 0.731. The monoisotopic (exact) mass is 457 g/mol. The second-order valence-electron chi connectivity index (χ2n) is 10.4. The first-order chi connectivity index (χ1) is 15.8. The van der Waals surface area contributed by atoms with Gasteiger partial charge in [0.05, 0.1) is 0 Å². The van der Waals surface area contributed by atoms with Gasteiger partial charge in [0.2, 0.25) is 5.91 Å². The standard InChI is InChI=1S/C26H43N5O2/c1-19(2)11-16-30-14-6-8-24(32)31(17-12-20(3)4)21-9-10-23-22(18-21)25(28-29(23)5)26(33)27-13-7-15-30/h11,20-21H,6-10,12-18H2,1-5H3,(H,27,33). The van der Waals surface area contributed by atoms with Gasteiger partial charge in [-0.05, 0) is 64.8 Å². The van der Waals surface area contributed by atoms with Gasteiger partial charge in [-0.15, -0.1) is 0 Å². The van der Waals surface area contributed by atoms with Crippen LogP contribution in [0.1, 0.15) is 81.5 Å². The molecule has 0 saturated carbocycles. The summed E-state index contributed by atoms with van der Waals surface area (Å²) in [7, 11) is 1.93. The summed E-state index contributed by atoms with van der Waals surface area (Å²) in [5, 5.41) is 7.68. The molecule has 1 aliphatic carbocycles. The van der Waals surface area contributed by atoms with Gasteiger partial charge in [-0.3, -0.25) is 19.2 Å². The quantitative estimate of drug-likeness (QED) is 0.689. The Balaban J connectivity index is 1.85. The molecule has 2 amide bonds. The molecule has 0 radical (unpaired) electrons. The first-order valence-electron chi connectivity index (χ1n) is 12.7. The molecule has 3 rings (SSSR count). The molecule has 0 spiro atoms. The summed E-state index contributed by atoms with van der Waals surface area (Å²) in [6.07, 6.45) is 8.10. The average molecular weight is 458 g/mol. The highest BCUT2D eigenvalue weighted by Gasteiger charge is 2.33. The van der Waals surface area contributed by atoms with Crippen LogP contribution in [-0.2, 0) is 24.7 Å². The molecular formula is C26H43N5O2. The Hall–Kier alpha value is -2.15. The molecule has 0 saturated heterocycles. The van der Waals surface area contributed by atoms with Crippen LogP contribution in [-0.4, -0.2) is 70.2 Å². The molecule has 1 unspecified atom stereocenters. The van der Waals surface area contributed by atoms with Crippen molar-refractivity contribution in [2.75, 3.05) is 32.7 Å². The van der Waals surface area contributed by atoms with E-state index in [1.54, 1.807) is 0 Å². The lowest BCUT2D eigenvalue weighted by Crippen LogP contribution is -2.44. The number of aryl methyl sites for hydroxylation is 1. The molecular weight excluding hydrogens is 414 g/mol. The molecule has 0 aromatic carbocycles. The average Bonchev–Trinajstić information content (AvgIpc) is 3.09. The van der Waals surface area contributed by atoms with E-state index >= 15 is 0 Å². The van der Waals surface area contributed by atoms with E-state index in [9.17, 15) is 9.59 Å². The van der Waals surface area contributed by atoms with Gasteiger partial charge in [0.15, 0.2) is 5.69 Å². The lowest BCUT2D eigenvalue weighted by atomic mass is 9.89. The molecule has 2 bridgehead atoms. The zero-order valence-electron chi connectivity index (χ0n) is 21.3. The maximum Gasteiger partial charge on any atom is 0.272 e. The predicted molar refractivity (Wildman–Crippen MR) is 132 cm³/mol. The van der Waals surface area contributed by atoms with Crippen LogP contribution in [0.15, 0.2) is 11.6 Å². The van der Waals surface area contributed by atoms with Crippen LogP contribution in [0.2, 0.25) is 0 Å². The Morgan fingerprint density at radius 1 is 1.18 bits per heavy atom. The van der Waals surface area contributed by atoms with Crippen molar-refractivity contribution >= 4 is 11.8 Å². The largest absolute Gasteiger partial charge is 0.351 e. The van der Waals surface area contributed by atoms with E-state index in [-0.39, 0.29) is 17.9 Å². The fourth-order valence-corrected chi connectivity index (χ4v) is 4.92. The van der Waals surface area contributed by atoms with E-state index in [4.69, 9.17) is 0 Å². The zero-order chi connectivity index (χ0) is 24.0. The van der Waals surface area contributed by atoms with Crippen molar-refractivity contribution in [1.29, 1.82) is 0 Å². The lowest BCUT2D eigenvalue weighted by molar-refractivity contribution is -0.134. The fourth-order valence-electron chi connectivity index (χ4n) is 4.92. The highest BCUT2D eigenvalue weighted by molar-refractivity contribution is 5.94. The van der Waals surface area contributed by atoms with Crippen LogP contribution in [0.25, 0.3) is 0 Å². The molecule has 1 atom stereocenters. The van der Waals surface area contributed by atoms with E-state index in [2.05, 4.69) is 54.0 Å². The number of nitrogens with one attached hydrogen (secondary N) is 1. The Morgan fingerprint density at radius 3 is 2.67 bits per heavy atom. The molecule has 1 aromatic rings. The molecule has 0 fully saturated rings. The van der Waals surface area contributed by atoms with Crippen molar-refractivity contribution in [3.05, 3.63) is 28.6 Å². The van der Waals surface area contributed by atoms with Gasteiger partial charge < -0.3 is 10.2 Å². The van der Waals surface area contributed by atoms with Crippen LogP contribution >= 0.6 is 0 Å². The maximum atomic E-state index is 13.4. The van der Waals surface area contributed by atoms with Crippen molar-refractivity contribution in [3.8, 4) is 0 Å². The topological polar surface area (TPSA) is 70.5 Å². The number of hydrogen-bond donors (Lipinski definition) is 1. The van der Waals surface area contributed by atoms with Gasteiger partial charge in [0, 0.05) is 56.9 Å². The molecule has 33 heavy (non-hydrogen) atoms. The SMILES string of the molecule is CC(C)=CCN1CCCNC(=O)c2nn(C)c3c2CC(CC3)N(CCC(C)C)C(=O)CCC1. The van der Waals surface area contributed by atoms with E-state index in [0.29, 0.717) is 24.6 Å². The minimum Gasteiger partial charge on any atom is -0.351 e. The number of nitrogens with zero attached hydrogens (tertiary/aromatic N) is 4. The normalized spacial score (nSPS) is 20.9. The molecule has 184 valence electrons. The van der Waals surface area contributed by atoms with Crippen molar-refractivity contribution in [2.45, 2.75) is 78.7 Å². The lowest BCUT2D eigenvalue weighted by Gasteiger charge is -2.35. The third-order valence-corrected chi connectivity index (χ3v) is 6.91. The van der Waals surface area contributed by atoms with Crippen molar-refractivity contribution in [3.63, 3.8) is 0 Å². The number of allylic oxidation sites excluding steroid dienone is 1. The van der Waals surface area contributed by atoms with Crippen LogP contribution in [0, 0.1) is 5.92 Å². The van der Waals surface area contributed by atoms with Gasteiger partial charge in [0.1, 0.15) is 0 Å². The highest BCUT2D eigenvalue weighted by Crippen LogP contribution is 2.28. The summed E-state index contributed by atoms with van der Waals surface area (Å²) in [5.74, 6) is 0.724. The van der Waals surface area contributed by atoms with Gasteiger partial charge >= 0.3 is 0 Å².